The molecule has 0 spiro atoms. The minimum atomic E-state index is -0.219. The van der Waals surface area contributed by atoms with Crippen LogP contribution in [-0.2, 0) is 0 Å². The van der Waals surface area contributed by atoms with Crippen LogP contribution < -0.4 is 5.73 Å². The molecule has 1 unspecified atom stereocenters. The molecule has 0 bridgehead atoms. The van der Waals surface area contributed by atoms with Gasteiger partial charge in [0.15, 0.2) is 0 Å². The zero-order chi connectivity index (χ0) is 13.1. The maximum absolute atomic E-state index is 12.9. The van der Waals surface area contributed by atoms with Gasteiger partial charge in [0, 0.05) is 10.4 Å². The Kier molecular flexibility index (Phi) is 4.09. The number of benzene rings is 1. The summed E-state index contributed by atoms with van der Waals surface area (Å²) < 4.78 is 12.9. The molecule has 1 atom stereocenters. The lowest BCUT2D eigenvalue weighted by atomic mass is 10.1. The van der Waals surface area contributed by atoms with Gasteiger partial charge in [-0.1, -0.05) is 6.92 Å². The molecule has 96 valence electrons. The summed E-state index contributed by atoms with van der Waals surface area (Å²) in [6.07, 6.45) is 0.964. The number of aryl methyl sites for hydroxylation is 1. The van der Waals surface area contributed by atoms with Crippen LogP contribution in [0, 0.1) is 12.7 Å². The van der Waals surface area contributed by atoms with E-state index in [1.54, 1.807) is 23.5 Å². The Morgan fingerprint density at radius 1 is 1.33 bits per heavy atom. The molecule has 2 nitrogen and oxygen atoms in total. The van der Waals surface area contributed by atoms with Gasteiger partial charge in [-0.05, 0) is 50.1 Å². The van der Waals surface area contributed by atoms with Crippen molar-refractivity contribution >= 4 is 11.3 Å². The summed E-state index contributed by atoms with van der Waals surface area (Å²) in [5, 5.41) is 0.950. The van der Waals surface area contributed by atoms with Crippen molar-refractivity contribution in [3.8, 4) is 10.6 Å². The highest BCUT2D eigenvalue weighted by Crippen LogP contribution is 2.33. The standard InChI is InChI=1S/C14H17FN2S/c1-9(7-8-16)13-10(2)17-14(18-13)11-3-5-12(15)6-4-11/h3-6,9H,7-8,16H2,1-2H3. The van der Waals surface area contributed by atoms with Crippen LogP contribution in [0.4, 0.5) is 4.39 Å². The van der Waals surface area contributed by atoms with Crippen molar-refractivity contribution in [2.24, 2.45) is 5.73 Å². The molecule has 1 heterocycles. The predicted octanol–water partition coefficient (Wildman–Crippen LogP) is 3.71. The van der Waals surface area contributed by atoms with E-state index >= 15 is 0 Å². The molecule has 0 fully saturated rings. The molecule has 4 heteroatoms. The fourth-order valence-corrected chi connectivity index (χ4v) is 3.12. The molecular formula is C14H17FN2S. The largest absolute Gasteiger partial charge is 0.330 e. The van der Waals surface area contributed by atoms with Crippen LogP contribution in [-0.4, -0.2) is 11.5 Å². The van der Waals surface area contributed by atoms with E-state index in [0.717, 1.165) is 22.7 Å². The molecule has 0 saturated heterocycles. The van der Waals surface area contributed by atoms with E-state index in [1.807, 2.05) is 6.92 Å². The molecule has 0 saturated carbocycles. The molecule has 0 aliphatic rings. The molecule has 0 amide bonds. The van der Waals surface area contributed by atoms with Crippen LogP contribution in [0.15, 0.2) is 24.3 Å². The van der Waals surface area contributed by atoms with E-state index < -0.39 is 0 Å². The zero-order valence-corrected chi connectivity index (χ0v) is 11.4. The zero-order valence-electron chi connectivity index (χ0n) is 10.6. The first kappa shape index (κ1) is 13.2. The third-order valence-corrected chi connectivity index (χ3v) is 4.41. The summed E-state index contributed by atoms with van der Waals surface area (Å²) in [5.74, 6) is 0.213. The van der Waals surface area contributed by atoms with Gasteiger partial charge in [-0.15, -0.1) is 11.3 Å². The van der Waals surface area contributed by atoms with Crippen molar-refractivity contribution in [3.05, 3.63) is 40.7 Å². The van der Waals surface area contributed by atoms with Gasteiger partial charge in [0.1, 0.15) is 10.8 Å². The van der Waals surface area contributed by atoms with Crippen molar-refractivity contribution in [1.82, 2.24) is 4.98 Å². The van der Waals surface area contributed by atoms with Crippen LogP contribution >= 0.6 is 11.3 Å². The third kappa shape index (κ3) is 2.76. The molecule has 2 aromatic rings. The minimum Gasteiger partial charge on any atom is -0.330 e. The van der Waals surface area contributed by atoms with Crippen molar-refractivity contribution in [1.29, 1.82) is 0 Å². The van der Waals surface area contributed by atoms with E-state index in [0.29, 0.717) is 12.5 Å². The molecule has 0 aliphatic heterocycles. The third-order valence-electron chi connectivity index (χ3n) is 2.97. The van der Waals surface area contributed by atoms with E-state index in [1.165, 1.54) is 17.0 Å². The molecular weight excluding hydrogens is 247 g/mol. The average Bonchev–Trinajstić information content (AvgIpc) is 2.72. The number of nitrogens with zero attached hydrogens (tertiary/aromatic N) is 1. The van der Waals surface area contributed by atoms with Crippen LogP contribution in [0.2, 0.25) is 0 Å². The smallest absolute Gasteiger partial charge is 0.123 e. The van der Waals surface area contributed by atoms with Crippen LogP contribution in [0.25, 0.3) is 10.6 Å². The molecule has 2 rings (SSSR count). The fourth-order valence-electron chi connectivity index (χ4n) is 1.96. The molecule has 18 heavy (non-hydrogen) atoms. The Hall–Kier alpha value is -1.26. The topological polar surface area (TPSA) is 38.9 Å². The van der Waals surface area contributed by atoms with Crippen molar-refractivity contribution in [2.45, 2.75) is 26.2 Å². The number of nitrogens with two attached hydrogens (primary N) is 1. The van der Waals surface area contributed by atoms with E-state index in [9.17, 15) is 4.39 Å². The summed E-state index contributed by atoms with van der Waals surface area (Å²) in [6, 6.07) is 6.47. The minimum absolute atomic E-state index is 0.219. The Balaban J connectivity index is 2.30. The van der Waals surface area contributed by atoms with Crippen LogP contribution in [0.1, 0.15) is 29.8 Å². The van der Waals surface area contributed by atoms with Crippen LogP contribution in [0.3, 0.4) is 0 Å². The molecule has 0 aliphatic carbocycles. The van der Waals surface area contributed by atoms with E-state index in [2.05, 4.69) is 11.9 Å². The number of hydrogen-bond acceptors (Lipinski definition) is 3. The highest BCUT2D eigenvalue weighted by Gasteiger charge is 2.14. The summed E-state index contributed by atoms with van der Waals surface area (Å²) in [6.45, 7) is 4.87. The van der Waals surface area contributed by atoms with Crippen molar-refractivity contribution in [3.63, 3.8) is 0 Å². The monoisotopic (exact) mass is 264 g/mol. The maximum atomic E-state index is 12.9. The van der Waals surface area contributed by atoms with E-state index in [4.69, 9.17) is 5.73 Å². The second-order valence-electron chi connectivity index (χ2n) is 4.45. The lowest BCUT2D eigenvalue weighted by molar-refractivity contribution is 0.628. The second-order valence-corrected chi connectivity index (χ2v) is 5.48. The first-order chi connectivity index (χ1) is 8.61. The Morgan fingerprint density at radius 3 is 2.61 bits per heavy atom. The maximum Gasteiger partial charge on any atom is 0.123 e. The average molecular weight is 264 g/mol. The van der Waals surface area contributed by atoms with Gasteiger partial charge in [-0.2, -0.15) is 0 Å². The number of rotatable bonds is 4. The molecule has 0 radical (unpaired) electrons. The van der Waals surface area contributed by atoms with Gasteiger partial charge in [-0.3, -0.25) is 0 Å². The Labute approximate surface area is 111 Å². The lowest BCUT2D eigenvalue weighted by Gasteiger charge is -2.07. The highest BCUT2D eigenvalue weighted by molar-refractivity contribution is 7.15. The number of halogens is 1. The quantitative estimate of drug-likeness (QED) is 0.914. The van der Waals surface area contributed by atoms with Crippen LogP contribution in [0.5, 0.6) is 0 Å². The summed E-state index contributed by atoms with van der Waals surface area (Å²) in [4.78, 5) is 5.85. The van der Waals surface area contributed by atoms with Crippen molar-refractivity contribution in [2.75, 3.05) is 6.54 Å². The van der Waals surface area contributed by atoms with Gasteiger partial charge in [-0.25, -0.2) is 9.37 Å². The SMILES string of the molecule is Cc1nc(-c2ccc(F)cc2)sc1C(C)CCN. The van der Waals surface area contributed by atoms with Gasteiger partial charge in [0.05, 0.1) is 5.69 Å². The van der Waals surface area contributed by atoms with Gasteiger partial charge >= 0.3 is 0 Å². The predicted molar refractivity (Wildman–Crippen MR) is 74.3 cm³/mol. The fraction of sp³-hybridized carbons (Fsp3) is 0.357. The number of aromatic nitrogens is 1. The van der Waals surface area contributed by atoms with Crippen molar-refractivity contribution < 1.29 is 4.39 Å². The first-order valence-electron chi connectivity index (χ1n) is 6.05. The molecule has 1 aromatic heterocycles. The summed E-state index contributed by atoms with van der Waals surface area (Å²) in [7, 11) is 0. The number of hydrogen-bond donors (Lipinski definition) is 1. The summed E-state index contributed by atoms with van der Waals surface area (Å²) >= 11 is 1.68. The highest BCUT2D eigenvalue weighted by atomic mass is 32.1. The Morgan fingerprint density at radius 2 is 2.00 bits per heavy atom. The van der Waals surface area contributed by atoms with Gasteiger partial charge in [0.2, 0.25) is 0 Å². The first-order valence-corrected chi connectivity index (χ1v) is 6.86. The van der Waals surface area contributed by atoms with Gasteiger partial charge < -0.3 is 5.73 Å². The molecule has 1 aromatic carbocycles. The van der Waals surface area contributed by atoms with Gasteiger partial charge in [0.25, 0.3) is 0 Å². The molecule has 2 N–H and O–H groups in total. The summed E-state index contributed by atoms with van der Waals surface area (Å²) in [5.41, 5.74) is 7.62. The lowest BCUT2D eigenvalue weighted by Crippen LogP contribution is -2.04. The normalized spacial score (nSPS) is 12.7. The second kappa shape index (κ2) is 5.59. The number of thiazole rings is 1. The van der Waals surface area contributed by atoms with E-state index in [-0.39, 0.29) is 5.82 Å². The Bertz CT molecular complexity index is 519.